The molecule has 0 saturated heterocycles. The van der Waals surface area contributed by atoms with Gasteiger partial charge in [0.25, 0.3) is 0 Å². The summed E-state index contributed by atoms with van der Waals surface area (Å²) in [6.45, 7) is 0. The van der Waals surface area contributed by atoms with Crippen molar-refractivity contribution < 1.29 is 4.42 Å². The lowest BCUT2D eigenvalue weighted by Gasteiger charge is -2.11. The van der Waals surface area contributed by atoms with Gasteiger partial charge in [-0.2, -0.15) is 0 Å². The lowest BCUT2D eigenvalue weighted by Crippen LogP contribution is -1.96. The number of rotatable bonds is 6. The van der Waals surface area contributed by atoms with Crippen LogP contribution in [0.25, 0.3) is 100.0 Å². The van der Waals surface area contributed by atoms with E-state index in [0.717, 1.165) is 72.3 Å². The molecule has 53 heavy (non-hydrogen) atoms. The minimum atomic E-state index is 0.705. The Kier molecular flexibility index (Phi) is 7.47. The van der Waals surface area contributed by atoms with Gasteiger partial charge < -0.3 is 4.42 Å². The van der Waals surface area contributed by atoms with E-state index >= 15 is 0 Å². The number of furan rings is 1. The molecule has 3 nitrogen and oxygen atoms in total. The van der Waals surface area contributed by atoms with Crippen molar-refractivity contribution in [2.45, 2.75) is 0 Å². The summed E-state index contributed by atoms with van der Waals surface area (Å²) in [5, 5.41) is 4.78. The molecule has 2 aromatic heterocycles. The monoisotopic (exact) mass is 676 g/mol. The zero-order valence-electron chi connectivity index (χ0n) is 28.8. The summed E-state index contributed by atoms with van der Waals surface area (Å²) in [5.41, 5.74) is 13.7. The summed E-state index contributed by atoms with van der Waals surface area (Å²) in [5.74, 6) is 0.705. The van der Waals surface area contributed by atoms with Gasteiger partial charge in [-0.1, -0.05) is 170 Å². The summed E-state index contributed by atoms with van der Waals surface area (Å²) in [6, 6.07) is 68.1. The Labute approximate surface area is 307 Å². The molecule has 0 aliphatic heterocycles. The SMILES string of the molecule is c1ccc(-c2nc(-c3ccc(-c4ccc(-c5ccc6c(c5)oc5ccccc56)cc4)cc3)cc(-c3ccc(-c4cccc5ccccc45)cc3)n2)cc1. The van der Waals surface area contributed by atoms with E-state index in [1.807, 2.05) is 30.3 Å². The third-order valence-corrected chi connectivity index (χ3v) is 10.2. The van der Waals surface area contributed by atoms with Crippen LogP contribution < -0.4 is 0 Å². The molecule has 0 unspecified atom stereocenters. The van der Waals surface area contributed by atoms with Gasteiger partial charge in [-0.3, -0.25) is 0 Å². The zero-order chi connectivity index (χ0) is 35.1. The van der Waals surface area contributed by atoms with E-state index in [0.29, 0.717) is 5.82 Å². The van der Waals surface area contributed by atoms with Gasteiger partial charge in [-0.15, -0.1) is 0 Å². The van der Waals surface area contributed by atoms with Gasteiger partial charge in [-0.25, -0.2) is 9.97 Å². The van der Waals surface area contributed by atoms with Gasteiger partial charge in [0.2, 0.25) is 0 Å². The number of hydrogen-bond acceptors (Lipinski definition) is 3. The molecule has 248 valence electrons. The molecule has 10 aromatic rings. The highest BCUT2D eigenvalue weighted by Gasteiger charge is 2.13. The van der Waals surface area contributed by atoms with Crippen LogP contribution in [0.5, 0.6) is 0 Å². The topological polar surface area (TPSA) is 38.9 Å². The van der Waals surface area contributed by atoms with Crippen molar-refractivity contribution in [2.24, 2.45) is 0 Å². The van der Waals surface area contributed by atoms with E-state index in [4.69, 9.17) is 14.4 Å². The maximum Gasteiger partial charge on any atom is 0.160 e. The number of aromatic nitrogens is 2. The molecule has 3 heteroatoms. The molecule has 0 saturated carbocycles. The van der Waals surface area contributed by atoms with Crippen LogP contribution in [0, 0.1) is 0 Å². The van der Waals surface area contributed by atoms with Gasteiger partial charge in [0.1, 0.15) is 11.2 Å². The van der Waals surface area contributed by atoms with E-state index in [2.05, 4.69) is 164 Å². The highest BCUT2D eigenvalue weighted by atomic mass is 16.3. The standard InChI is InChI=1S/C50H32N2O/c1-2-10-40(11-3-1)50-51-46(32-47(52-50)39-27-23-37(24-28-39)43-15-8-12-36-9-4-5-13-42(36)43)38-25-21-34(22-26-38)33-17-19-35(20-18-33)41-29-30-45-44-14-6-7-16-48(44)53-49(45)31-41/h1-32H. The van der Waals surface area contributed by atoms with Gasteiger partial charge in [0, 0.05) is 27.5 Å². The first-order chi connectivity index (χ1) is 26.2. The van der Waals surface area contributed by atoms with Gasteiger partial charge in [0.05, 0.1) is 11.4 Å². The van der Waals surface area contributed by atoms with Crippen molar-refractivity contribution in [2.75, 3.05) is 0 Å². The fourth-order valence-electron chi connectivity index (χ4n) is 7.35. The summed E-state index contributed by atoms with van der Waals surface area (Å²) in [6.07, 6.45) is 0. The Bertz CT molecular complexity index is 2900. The van der Waals surface area contributed by atoms with Crippen molar-refractivity contribution in [1.82, 2.24) is 9.97 Å². The first-order valence-electron chi connectivity index (χ1n) is 17.9. The lowest BCUT2D eigenvalue weighted by atomic mass is 9.96. The van der Waals surface area contributed by atoms with E-state index in [1.165, 1.54) is 21.9 Å². The minimum Gasteiger partial charge on any atom is -0.456 e. The van der Waals surface area contributed by atoms with Crippen molar-refractivity contribution in [1.29, 1.82) is 0 Å². The number of nitrogens with zero attached hydrogens (tertiary/aromatic N) is 2. The summed E-state index contributed by atoms with van der Waals surface area (Å²) < 4.78 is 6.15. The van der Waals surface area contributed by atoms with Crippen molar-refractivity contribution in [3.8, 4) is 67.3 Å². The van der Waals surface area contributed by atoms with E-state index in [-0.39, 0.29) is 0 Å². The molecule has 0 N–H and O–H groups in total. The first kappa shape index (κ1) is 30.7. The Morgan fingerprint density at radius 3 is 1.51 bits per heavy atom. The van der Waals surface area contributed by atoms with Crippen LogP contribution >= 0.6 is 0 Å². The normalized spacial score (nSPS) is 11.4. The van der Waals surface area contributed by atoms with E-state index < -0.39 is 0 Å². The summed E-state index contributed by atoms with van der Waals surface area (Å²) >= 11 is 0. The van der Waals surface area contributed by atoms with Crippen LogP contribution in [0.3, 0.4) is 0 Å². The quantitative estimate of drug-likeness (QED) is 0.176. The van der Waals surface area contributed by atoms with Gasteiger partial charge >= 0.3 is 0 Å². The molecule has 0 aliphatic rings. The van der Waals surface area contributed by atoms with Crippen LogP contribution in [-0.2, 0) is 0 Å². The maximum atomic E-state index is 6.15. The molecular formula is C50H32N2O. The Hall–Kier alpha value is -7.10. The molecule has 0 atom stereocenters. The second-order valence-corrected chi connectivity index (χ2v) is 13.4. The molecule has 0 fully saturated rings. The number of hydrogen-bond donors (Lipinski definition) is 0. The molecule has 0 radical (unpaired) electrons. The molecule has 0 spiro atoms. The summed E-state index contributed by atoms with van der Waals surface area (Å²) in [7, 11) is 0. The highest BCUT2D eigenvalue weighted by molar-refractivity contribution is 6.06. The highest BCUT2D eigenvalue weighted by Crippen LogP contribution is 2.35. The second-order valence-electron chi connectivity index (χ2n) is 13.4. The van der Waals surface area contributed by atoms with E-state index in [9.17, 15) is 0 Å². The first-order valence-corrected chi connectivity index (χ1v) is 17.9. The maximum absolute atomic E-state index is 6.15. The molecule has 0 bridgehead atoms. The zero-order valence-corrected chi connectivity index (χ0v) is 28.8. The Morgan fingerprint density at radius 1 is 0.302 bits per heavy atom. The fourth-order valence-corrected chi connectivity index (χ4v) is 7.35. The molecule has 0 aliphatic carbocycles. The molecule has 10 rings (SSSR count). The smallest absolute Gasteiger partial charge is 0.160 e. The van der Waals surface area contributed by atoms with Gasteiger partial charge in [-0.05, 0) is 68.4 Å². The van der Waals surface area contributed by atoms with Crippen LogP contribution in [0.4, 0.5) is 0 Å². The largest absolute Gasteiger partial charge is 0.456 e. The fraction of sp³-hybridized carbons (Fsp3) is 0. The third kappa shape index (κ3) is 5.75. The van der Waals surface area contributed by atoms with Crippen LogP contribution in [0.1, 0.15) is 0 Å². The van der Waals surface area contributed by atoms with Crippen LogP contribution in [0.2, 0.25) is 0 Å². The van der Waals surface area contributed by atoms with Crippen molar-refractivity contribution in [3.05, 3.63) is 194 Å². The molecule has 8 aromatic carbocycles. The minimum absolute atomic E-state index is 0.705. The molecule has 2 heterocycles. The third-order valence-electron chi connectivity index (χ3n) is 10.2. The number of para-hydroxylation sites is 1. The Morgan fingerprint density at radius 2 is 0.811 bits per heavy atom. The summed E-state index contributed by atoms with van der Waals surface area (Å²) in [4.78, 5) is 10.1. The lowest BCUT2D eigenvalue weighted by molar-refractivity contribution is 0.669. The average molecular weight is 677 g/mol. The predicted molar refractivity (Wildman–Crippen MR) is 219 cm³/mol. The van der Waals surface area contributed by atoms with Crippen LogP contribution in [0.15, 0.2) is 199 Å². The van der Waals surface area contributed by atoms with Crippen molar-refractivity contribution in [3.63, 3.8) is 0 Å². The second kappa shape index (κ2) is 12.9. The molecule has 0 amide bonds. The number of benzene rings is 8. The van der Waals surface area contributed by atoms with Gasteiger partial charge in [0.15, 0.2) is 5.82 Å². The predicted octanol–water partition coefficient (Wildman–Crippen LogP) is 13.5. The average Bonchev–Trinajstić information content (AvgIpc) is 3.62. The van der Waals surface area contributed by atoms with Crippen molar-refractivity contribution >= 4 is 32.7 Å². The Balaban J connectivity index is 0.955. The van der Waals surface area contributed by atoms with E-state index in [1.54, 1.807) is 0 Å². The number of fused-ring (bicyclic) bond motifs is 4. The molecular weight excluding hydrogens is 645 g/mol. The van der Waals surface area contributed by atoms with Crippen LogP contribution in [-0.4, -0.2) is 9.97 Å².